The molecule has 0 bridgehead atoms. The van der Waals surface area contributed by atoms with E-state index in [1.54, 1.807) is 11.3 Å². The third kappa shape index (κ3) is 3.82. The second-order valence-corrected chi connectivity index (χ2v) is 12.6. The molecule has 46 heavy (non-hydrogen) atoms. The highest BCUT2D eigenvalue weighted by Crippen LogP contribution is 2.46. The fraction of sp³-hybridized carbons (Fsp3) is 0. The summed E-state index contributed by atoms with van der Waals surface area (Å²) in [5.41, 5.74) is 4.67. The lowest BCUT2D eigenvalue weighted by Gasteiger charge is -2.11. The van der Waals surface area contributed by atoms with Crippen molar-refractivity contribution < 1.29 is 4.42 Å². The summed E-state index contributed by atoms with van der Waals surface area (Å²) in [5, 5.41) is 8.98. The van der Waals surface area contributed by atoms with E-state index in [1.165, 1.54) is 15.5 Å². The number of furan rings is 1. The monoisotopic (exact) mass is 605 g/mol. The molecule has 0 spiro atoms. The van der Waals surface area contributed by atoms with Crippen molar-refractivity contribution >= 4 is 75.0 Å². The van der Waals surface area contributed by atoms with E-state index in [9.17, 15) is 0 Å². The average Bonchev–Trinajstić information content (AvgIpc) is 3.69. The molecule has 7 aromatic carbocycles. The largest absolute Gasteiger partial charge is 0.455 e. The number of hydrogen-bond acceptors (Lipinski definition) is 5. The number of rotatable bonds is 3. The van der Waals surface area contributed by atoms with Crippen LogP contribution in [0.3, 0.4) is 0 Å². The van der Waals surface area contributed by atoms with E-state index in [2.05, 4.69) is 127 Å². The lowest BCUT2D eigenvalue weighted by atomic mass is 10.0. The zero-order chi connectivity index (χ0) is 30.2. The minimum absolute atomic E-state index is 0.643. The van der Waals surface area contributed by atoms with Crippen molar-refractivity contribution in [1.29, 1.82) is 0 Å². The van der Waals surface area contributed by atoms with Crippen LogP contribution in [0.4, 0.5) is 0 Å². The molecule has 0 atom stereocenters. The van der Waals surface area contributed by atoms with Crippen LogP contribution in [0.15, 0.2) is 144 Å². The summed E-state index contributed by atoms with van der Waals surface area (Å²) < 4.78 is 8.85. The van der Waals surface area contributed by atoms with Gasteiger partial charge in [-0.05, 0) is 45.8 Å². The molecule has 0 fully saturated rings. The Morgan fingerprint density at radius 2 is 1.13 bits per heavy atom. The molecule has 3 aromatic heterocycles. The number of para-hydroxylation sites is 1. The van der Waals surface area contributed by atoms with E-state index in [1.807, 2.05) is 12.1 Å². The van der Waals surface area contributed by atoms with Crippen LogP contribution in [0.2, 0.25) is 0 Å². The quantitative estimate of drug-likeness (QED) is 0.201. The van der Waals surface area contributed by atoms with Gasteiger partial charge in [-0.25, -0.2) is 15.0 Å². The second-order valence-electron chi connectivity index (χ2n) is 11.6. The summed E-state index contributed by atoms with van der Waals surface area (Å²) in [6.45, 7) is 0. The normalized spacial score (nSPS) is 11.9. The predicted molar refractivity (Wildman–Crippen MR) is 191 cm³/mol. The molecule has 0 saturated carbocycles. The Balaban J connectivity index is 1.33. The summed E-state index contributed by atoms with van der Waals surface area (Å²) in [7, 11) is 0. The highest BCUT2D eigenvalue weighted by atomic mass is 32.1. The van der Waals surface area contributed by atoms with Gasteiger partial charge in [0.1, 0.15) is 11.2 Å². The van der Waals surface area contributed by atoms with Crippen molar-refractivity contribution in [3.63, 3.8) is 0 Å². The van der Waals surface area contributed by atoms with Crippen molar-refractivity contribution in [1.82, 2.24) is 15.0 Å². The third-order valence-corrected chi connectivity index (χ3v) is 10.1. The second kappa shape index (κ2) is 9.80. The standard InChI is InChI=1S/C41H23N3OS/c1-2-12-26-22-27(21-20-24(26)10-1)39-42-40(30-17-9-13-25-11-3-4-14-28(25)30)44-41(43-39)33-23-32-29-15-5-7-18-34(29)45-37(32)36-31-16-6-8-19-35(31)46-38(33)36/h1-23H. The van der Waals surface area contributed by atoms with Gasteiger partial charge in [-0.15, -0.1) is 11.3 Å². The Hall–Kier alpha value is -5.91. The van der Waals surface area contributed by atoms with E-state index >= 15 is 0 Å². The summed E-state index contributed by atoms with van der Waals surface area (Å²) in [4.78, 5) is 15.6. The average molecular weight is 606 g/mol. The minimum atomic E-state index is 0.643. The van der Waals surface area contributed by atoms with Crippen LogP contribution in [0.25, 0.3) is 97.8 Å². The molecule has 0 amide bonds. The molecule has 0 aliphatic heterocycles. The smallest absolute Gasteiger partial charge is 0.165 e. The Labute approximate surface area is 267 Å². The lowest BCUT2D eigenvalue weighted by Crippen LogP contribution is -2.01. The van der Waals surface area contributed by atoms with Gasteiger partial charge in [0, 0.05) is 42.9 Å². The molecular weight excluding hydrogens is 583 g/mol. The first kappa shape index (κ1) is 25.4. The molecule has 0 aliphatic carbocycles. The number of fused-ring (bicyclic) bond motifs is 9. The number of nitrogens with zero attached hydrogens (tertiary/aromatic N) is 3. The Kier molecular flexibility index (Phi) is 5.41. The molecule has 0 radical (unpaired) electrons. The fourth-order valence-corrected chi connectivity index (χ4v) is 7.94. The van der Waals surface area contributed by atoms with E-state index in [4.69, 9.17) is 19.4 Å². The Morgan fingerprint density at radius 3 is 2.02 bits per heavy atom. The van der Waals surface area contributed by atoms with Gasteiger partial charge in [-0.2, -0.15) is 0 Å². The SMILES string of the molecule is c1ccc2cc(-c3nc(-c4cccc5ccccc45)nc(-c4cc5c6ccccc6oc5c5c4sc4ccccc45)n3)ccc2c1. The molecule has 0 aliphatic rings. The Morgan fingerprint density at radius 1 is 0.457 bits per heavy atom. The summed E-state index contributed by atoms with van der Waals surface area (Å²) in [5.74, 6) is 1.94. The number of benzene rings is 7. The zero-order valence-corrected chi connectivity index (χ0v) is 25.3. The van der Waals surface area contributed by atoms with Crippen LogP contribution in [0.1, 0.15) is 0 Å². The molecule has 4 nitrogen and oxygen atoms in total. The van der Waals surface area contributed by atoms with Crippen molar-refractivity contribution in [3.8, 4) is 34.2 Å². The van der Waals surface area contributed by atoms with E-state index in [-0.39, 0.29) is 0 Å². The predicted octanol–water partition coefficient (Wildman–Crippen LogP) is 11.4. The van der Waals surface area contributed by atoms with Gasteiger partial charge in [0.2, 0.25) is 0 Å². The van der Waals surface area contributed by atoms with Gasteiger partial charge < -0.3 is 4.42 Å². The van der Waals surface area contributed by atoms with Crippen LogP contribution in [0, 0.1) is 0 Å². The maximum absolute atomic E-state index is 6.55. The van der Waals surface area contributed by atoms with Gasteiger partial charge in [-0.3, -0.25) is 0 Å². The van der Waals surface area contributed by atoms with E-state index < -0.39 is 0 Å². The molecule has 3 heterocycles. The van der Waals surface area contributed by atoms with Crippen LogP contribution in [-0.4, -0.2) is 15.0 Å². The van der Waals surface area contributed by atoms with Gasteiger partial charge in [-0.1, -0.05) is 115 Å². The first-order chi connectivity index (χ1) is 22.8. The molecule has 10 rings (SSSR count). The molecule has 0 N–H and O–H groups in total. The van der Waals surface area contributed by atoms with Gasteiger partial charge >= 0.3 is 0 Å². The first-order valence-electron chi connectivity index (χ1n) is 15.3. The maximum atomic E-state index is 6.55. The molecule has 10 aromatic rings. The number of hydrogen-bond donors (Lipinski definition) is 0. The highest BCUT2D eigenvalue weighted by molar-refractivity contribution is 7.26. The van der Waals surface area contributed by atoms with E-state index in [0.717, 1.165) is 64.9 Å². The molecule has 0 saturated heterocycles. The van der Waals surface area contributed by atoms with Gasteiger partial charge in [0.15, 0.2) is 17.5 Å². The van der Waals surface area contributed by atoms with Crippen molar-refractivity contribution in [2.45, 2.75) is 0 Å². The molecule has 0 unspecified atom stereocenters. The minimum Gasteiger partial charge on any atom is -0.455 e. The maximum Gasteiger partial charge on any atom is 0.165 e. The number of aromatic nitrogens is 3. The van der Waals surface area contributed by atoms with E-state index in [0.29, 0.717) is 17.5 Å². The third-order valence-electron chi connectivity index (χ3n) is 8.90. The van der Waals surface area contributed by atoms with Crippen LogP contribution >= 0.6 is 11.3 Å². The van der Waals surface area contributed by atoms with Crippen molar-refractivity contribution in [2.24, 2.45) is 0 Å². The lowest BCUT2D eigenvalue weighted by molar-refractivity contribution is 0.673. The van der Waals surface area contributed by atoms with Crippen LogP contribution in [-0.2, 0) is 0 Å². The number of thiophene rings is 1. The molecule has 214 valence electrons. The highest BCUT2D eigenvalue weighted by Gasteiger charge is 2.22. The van der Waals surface area contributed by atoms with Crippen molar-refractivity contribution in [2.75, 3.05) is 0 Å². The van der Waals surface area contributed by atoms with Gasteiger partial charge in [0.25, 0.3) is 0 Å². The summed E-state index contributed by atoms with van der Waals surface area (Å²) >= 11 is 1.76. The zero-order valence-electron chi connectivity index (χ0n) is 24.4. The van der Waals surface area contributed by atoms with Gasteiger partial charge in [0.05, 0.1) is 4.70 Å². The topological polar surface area (TPSA) is 51.8 Å². The van der Waals surface area contributed by atoms with Crippen LogP contribution in [0.5, 0.6) is 0 Å². The Bertz CT molecular complexity index is 2820. The van der Waals surface area contributed by atoms with Crippen molar-refractivity contribution in [3.05, 3.63) is 140 Å². The molecular formula is C41H23N3OS. The first-order valence-corrected chi connectivity index (χ1v) is 16.1. The molecule has 5 heteroatoms. The summed E-state index contributed by atoms with van der Waals surface area (Å²) in [6, 6.07) is 48.5. The fourth-order valence-electron chi connectivity index (χ4n) is 6.73. The summed E-state index contributed by atoms with van der Waals surface area (Å²) in [6.07, 6.45) is 0. The van der Waals surface area contributed by atoms with Crippen LogP contribution < -0.4 is 0 Å².